The van der Waals surface area contributed by atoms with Gasteiger partial charge in [0.15, 0.2) is 0 Å². The lowest BCUT2D eigenvalue weighted by Crippen LogP contribution is -2.41. The SMILES string of the molecule is Cc1nc(-c2ccc(Cl)s2)sc1C(=O)N1CCC(CNC(=O)c2cnn(C)c2)CC1. The molecule has 0 aliphatic carbocycles. The van der Waals surface area contributed by atoms with Gasteiger partial charge in [0.05, 0.1) is 26.7 Å². The third-order valence-electron chi connectivity index (χ3n) is 5.19. The lowest BCUT2D eigenvalue weighted by molar-refractivity contribution is 0.0688. The van der Waals surface area contributed by atoms with Crippen molar-refractivity contribution >= 4 is 46.1 Å². The fourth-order valence-corrected chi connectivity index (χ4v) is 5.62. The maximum absolute atomic E-state index is 13.0. The fraction of sp³-hybridized carbons (Fsp3) is 0.400. The van der Waals surface area contributed by atoms with Gasteiger partial charge in [-0.05, 0) is 37.8 Å². The topological polar surface area (TPSA) is 80.1 Å². The molecule has 10 heteroatoms. The van der Waals surface area contributed by atoms with Gasteiger partial charge in [-0.2, -0.15) is 5.10 Å². The van der Waals surface area contributed by atoms with Gasteiger partial charge in [0, 0.05) is 32.9 Å². The molecule has 1 N–H and O–H groups in total. The molecule has 3 aromatic heterocycles. The fourth-order valence-electron chi connectivity index (χ4n) is 3.49. The van der Waals surface area contributed by atoms with Crippen molar-refractivity contribution in [1.29, 1.82) is 0 Å². The molecule has 158 valence electrons. The van der Waals surface area contributed by atoms with Gasteiger partial charge in [-0.1, -0.05) is 11.6 Å². The zero-order chi connectivity index (χ0) is 21.3. The van der Waals surface area contributed by atoms with Gasteiger partial charge in [0.25, 0.3) is 11.8 Å². The van der Waals surface area contributed by atoms with E-state index in [0.717, 1.165) is 28.4 Å². The van der Waals surface area contributed by atoms with Crippen molar-refractivity contribution in [1.82, 2.24) is 25.0 Å². The van der Waals surface area contributed by atoms with E-state index in [2.05, 4.69) is 15.4 Å². The summed E-state index contributed by atoms with van der Waals surface area (Å²) in [6.45, 7) is 3.86. The number of halogens is 1. The van der Waals surface area contributed by atoms with Crippen LogP contribution in [0.5, 0.6) is 0 Å². The van der Waals surface area contributed by atoms with Crippen LogP contribution in [0.4, 0.5) is 0 Å². The number of carbonyl (C=O) groups is 2. The Morgan fingerprint density at radius 3 is 2.67 bits per heavy atom. The molecule has 7 nitrogen and oxygen atoms in total. The Morgan fingerprint density at radius 2 is 2.03 bits per heavy atom. The van der Waals surface area contributed by atoms with Crippen molar-refractivity contribution in [3.05, 3.63) is 45.0 Å². The summed E-state index contributed by atoms with van der Waals surface area (Å²) < 4.78 is 2.32. The van der Waals surface area contributed by atoms with Crippen LogP contribution in [0.2, 0.25) is 4.34 Å². The molecule has 4 heterocycles. The second-order valence-electron chi connectivity index (χ2n) is 7.39. The van der Waals surface area contributed by atoms with Gasteiger partial charge < -0.3 is 10.2 Å². The van der Waals surface area contributed by atoms with E-state index in [1.165, 1.54) is 22.7 Å². The zero-order valence-corrected chi connectivity index (χ0v) is 19.1. The first-order valence-corrected chi connectivity index (χ1v) is 11.7. The molecule has 1 fully saturated rings. The predicted octanol–water partition coefficient (Wildman–Crippen LogP) is 3.85. The van der Waals surface area contributed by atoms with Gasteiger partial charge in [-0.25, -0.2) is 4.98 Å². The summed E-state index contributed by atoms with van der Waals surface area (Å²) in [6.07, 6.45) is 4.99. The summed E-state index contributed by atoms with van der Waals surface area (Å²) in [5.74, 6) is 0.292. The van der Waals surface area contributed by atoms with Crippen LogP contribution in [0.15, 0.2) is 24.5 Å². The van der Waals surface area contributed by atoms with Gasteiger partial charge in [0.1, 0.15) is 9.88 Å². The van der Waals surface area contributed by atoms with E-state index in [1.807, 2.05) is 24.0 Å². The van der Waals surface area contributed by atoms with E-state index >= 15 is 0 Å². The summed E-state index contributed by atoms with van der Waals surface area (Å²) in [5.41, 5.74) is 1.32. The average molecular weight is 464 g/mol. The smallest absolute Gasteiger partial charge is 0.265 e. The molecule has 1 saturated heterocycles. The summed E-state index contributed by atoms with van der Waals surface area (Å²) in [4.78, 5) is 33.3. The molecule has 0 radical (unpaired) electrons. The Kier molecular flexibility index (Phi) is 6.21. The highest BCUT2D eigenvalue weighted by molar-refractivity contribution is 7.24. The molecule has 0 atom stereocenters. The first-order valence-electron chi connectivity index (χ1n) is 9.70. The lowest BCUT2D eigenvalue weighted by Gasteiger charge is -2.31. The Morgan fingerprint density at radius 1 is 1.27 bits per heavy atom. The second-order valence-corrected chi connectivity index (χ2v) is 10.1. The highest BCUT2D eigenvalue weighted by Gasteiger charge is 2.27. The molecule has 0 saturated carbocycles. The van der Waals surface area contributed by atoms with Gasteiger partial charge >= 0.3 is 0 Å². The number of piperidine rings is 1. The molecular formula is C20H22ClN5O2S2. The Balaban J connectivity index is 1.31. The normalized spacial score (nSPS) is 14.8. The minimum absolute atomic E-state index is 0.0387. The van der Waals surface area contributed by atoms with E-state index in [0.29, 0.717) is 40.3 Å². The highest BCUT2D eigenvalue weighted by atomic mass is 35.5. The standard InChI is InChI=1S/C20H22ClN5O2S2/c1-12-17(30-19(24-12)15-3-4-16(21)29-15)20(28)26-7-5-13(6-8-26)9-22-18(27)14-10-23-25(2)11-14/h3-4,10-11,13H,5-9H2,1-2H3,(H,22,27). The number of nitrogens with one attached hydrogen (secondary N) is 1. The Labute approximate surface area is 187 Å². The van der Waals surface area contributed by atoms with E-state index in [4.69, 9.17) is 11.6 Å². The first-order chi connectivity index (χ1) is 14.4. The Hall–Kier alpha value is -2.23. The number of likely N-dealkylation sites (tertiary alicyclic amines) is 1. The number of aryl methyl sites for hydroxylation is 2. The van der Waals surface area contributed by atoms with Crippen LogP contribution in [0.25, 0.3) is 9.88 Å². The summed E-state index contributed by atoms with van der Waals surface area (Å²) in [7, 11) is 1.78. The summed E-state index contributed by atoms with van der Waals surface area (Å²) in [5, 5.41) is 7.83. The summed E-state index contributed by atoms with van der Waals surface area (Å²) >= 11 is 8.92. The van der Waals surface area contributed by atoms with Gasteiger partial charge in [0.2, 0.25) is 0 Å². The van der Waals surface area contributed by atoms with Crippen molar-refractivity contribution in [2.24, 2.45) is 13.0 Å². The number of aromatic nitrogens is 3. The number of thiazole rings is 1. The van der Waals surface area contributed by atoms with E-state index in [-0.39, 0.29) is 11.8 Å². The van der Waals surface area contributed by atoms with Crippen molar-refractivity contribution in [3.8, 4) is 9.88 Å². The third kappa shape index (κ3) is 4.58. The lowest BCUT2D eigenvalue weighted by atomic mass is 9.96. The predicted molar refractivity (Wildman–Crippen MR) is 119 cm³/mol. The third-order valence-corrected chi connectivity index (χ3v) is 7.74. The first kappa shape index (κ1) is 21.0. The monoisotopic (exact) mass is 463 g/mol. The van der Waals surface area contributed by atoms with Crippen LogP contribution in [0, 0.1) is 12.8 Å². The summed E-state index contributed by atoms with van der Waals surface area (Å²) in [6, 6.07) is 3.78. The molecular weight excluding hydrogens is 442 g/mol. The molecule has 0 bridgehead atoms. The van der Waals surface area contributed by atoms with Gasteiger partial charge in [-0.15, -0.1) is 22.7 Å². The minimum Gasteiger partial charge on any atom is -0.352 e. The van der Waals surface area contributed by atoms with Crippen LogP contribution < -0.4 is 5.32 Å². The highest BCUT2D eigenvalue weighted by Crippen LogP contribution is 2.35. The number of amides is 2. The van der Waals surface area contributed by atoms with Crippen LogP contribution in [0.1, 0.15) is 38.6 Å². The van der Waals surface area contributed by atoms with Crippen LogP contribution in [-0.2, 0) is 7.05 Å². The molecule has 0 unspecified atom stereocenters. The average Bonchev–Trinajstić information content (AvgIpc) is 3.46. The molecule has 2 amide bonds. The van der Waals surface area contributed by atoms with Crippen molar-refractivity contribution in [2.75, 3.05) is 19.6 Å². The molecule has 0 aromatic carbocycles. The molecule has 1 aliphatic rings. The second kappa shape index (κ2) is 8.87. The number of thiophene rings is 1. The van der Waals surface area contributed by atoms with Crippen LogP contribution in [0.3, 0.4) is 0 Å². The maximum Gasteiger partial charge on any atom is 0.265 e. The Bertz CT molecular complexity index is 1070. The number of hydrogen-bond acceptors (Lipinski definition) is 6. The molecule has 0 spiro atoms. The molecule has 1 aliphatic heterocycles. The largest absolute Gasteiger partial charge is 0.352 e. The number of nitrogens with zero attached hydrogens (tertiary/aromatic N) is 4. The van der Waals surface area contributed by atoms with E-state index < -0.39 is 0 Å². The van der Waals surface area contributed by atoms with Crippen molar-refractivity contribution < 1.29 is 9.59 Å². The zero-order valence-electron chi connectivity index (χ0n) is 16.7. The minimum atomic E-state index is -0.108. The van der Waals surface area contributed by atoms with E-state index in [9.17, 15) is 9.59 Å². The van der Waals surface area contributed by atoms with Crippen molar-refractivity contribution in [2.45, 2.75) is 19.8 Å². The van der Waals surface area contributed by atoms with Gasteiger partial charge in [-0.3, -0.25) is 14.3 Å². The molecule has 4 rings (SSSR count). The number of rotatable bonds is 5. The van der Waals surface area contributed by atoms with E-state index in [1.54, 1.807) is 24.1 Å². The molecule has 30 heavy (non-hydrogen) atoms. The molecule has 3 aromatic rings. The quantitative estimate of drug-likeness (QED) is 0.623. The van der Waals surface area contributed by atoms with Crippen LogP contribution in [-0.4, -0.2) is 51.1 Å². The maximum atomic E-state index is 13.0. The number of carbonyl (C=O) groups excluding carboxylic acids is 2. The number of hydrogen-bond donors (Lipinski definition) is 1. The van der Waals surface area contributed by atoms with Crippen molar-refractivity contribution in [3.63, 3.8) is 0 Å². The van der Waals surface area contributed by atoms with Crippen LogP contribution >= 0.6 is 34.3 Å².